The molecule has 0 saturated heterocycles. The summed E-state index contributed by atoms with van der Waals surface area (Å²) in [5, 5.41) is 0. The molecule has 0 spiro atoms. The molecule has 0 aliphatic heterocycles. The minimum atomic E-state index is -0.594. The van der Waals surface area contributed by atoms with Gasteiger partial charge in [-0.15, -0.1) is 11.8 Å². The fourth-order valence-electron chi connectivity index (χ4n) is 1.56. The minimum Gasteiger partial charge on any atom is -0.464 e. The minimum absolute atomic E-state index is 0.163. The van der Waals surface area contributed by atoms with E-state index in [2.05, 4.69) is 13.8 Å². The molecule has 5 heteroatoms. The van der Waals surface area contributed by atoms with Gasteiger partial charge in [0.15, 0.2) is 0 Å². The number of carbonyl (C=O) groups is 1. The van der Waals surface area contributed by atoms with Crippen LogP contribution in [0.2, 0.25) is 0 Å². The van der Waals surface area contributed by atoms with Crippen LogP contribution in [0, 0.1) is 5.92 Å². The van der Waals surface area contributed by atoms with Crippen molar-refractivity contribution < 1.29 is 9.53 Å². The number of carbonyl (C=O) groups excluding carboxylic acids is 1. The summed E-state index contributed by atoms with van der Waals surface area (Å²) >= 11 is 8.06. The van der Waals surface area contributed by atoms with Gasteiger partial charge in [-0.2, -0.15) is 0 Å². The third-order valence-corrected chi connectivity index (χ3v) is 5.67. The summed E-state index contributed by atoms with van der Waals surface area (Å²) in [6.45, 7) is 8.61. The quantitative estimate of drug-likeness (QED) is 0.467. The molecule has 0 bridgehead atoms. The molecule has 0 saturated carbocycles. The Morgan fingerprint density at radius 2 is 2.00 bits per heavy atom. The summed E-state index contributed by atoms with van der Waals surface area (Å²) in [5.41, 5.74) is 0. The van der Waals surface area contributed by atoms with Gasteiger partial charge in [-0.1, -0.05) is 57.1 Å². The number of hydrogen-bond acceptors (Lipinski definition) is 5. The lowest BCUT2D eigenvalue weighted by Crippen LogP contribution is -2.32. The van der Waals surface area contributed by atoms with Crippen molar-refractivity contribution in [2.45, 2.75) is 58.1 Å². The first-order chi connectivity index (χ1) is 8.87. The maximum absolute atomic E-state index is 12.1. The molecule has 0 radical (unpaired) electrons. The van der Waals surface area contributed by atoms with Gasteiger partial charge in [0.05, 0.1) is 6.61 Å². The lowest BCUT2D eigenvalue weighted by molar-refractivity contribution is -0.147. The second-order valence-electron chi connectivity index (χ2n) is 5.08. The van der Waals surface area contributed by atoms with Crippen LogP contribution >= 0.6 is 35.7 Å². The largest absolute Gasteiger partial charge is 0.464 e. The van der Waals surface area contributed by atoms with Crippen LogP contribution in [0.15, 0.2) is 0 Å². The van der Waals surface area contributed by atoms with Gasteiger partial charge in [0.1, 0.15) is 8.28 Å². The van der Waals surface area contributed by atoms with Gasteiger partial charge in [-0.25, -0.2) is 0 Å². The van der Waals surface area contributed by atoms with Gasteiger partial charge in [-0.05, 0) is 32.4 Å². The highest BCUT2D eigenvalue weighted by molar-refractivity contribution is 8.47. The molecule has 0 aromatic carbocycles. The fourth-order valence-corrected chi connectivity index (χ4v) is 3.70. The van der Waals surface area contributed by atoms with Gasteiger partial charge < -0.3 is 4.74 Å². The first-order valence-electron chi connectivity index (χ1n) is 6.81. The van der Waals surface area contributed by atoms with Crippen LogP contribution in [-0.2, 0) is 9.53 Å². The van der Waals surface area contributed by atoms with Crippen LogP contribution in [0.3, 0.4) is 0 Å². The summed E-state index contributed by atoms with van der Waals surface area (Å²) in [6, 6.07) is 0. The summed E-state index contributed by atoms with van der Waals surface area (Å²) in [7, 11) is 0. The van der Waals surface area contributed by atoms with E-state index in [0.29, 0.717) is 12.5 Å². The molecule has 1 unspecified atom stereocenters. The number of rotatable bonds is 8. The summed E-state index contributed by atoms with van der Waals surface area (Å²) in [6.07, 6.45) is 6.51. The molecule has 0 aromatic rings. The maximum Gasteiger partial charge on any atom is 0.322 e. The Hall–Kier alpha value is 0.260. The zero-order chi connectivity index (χ0) is 14.9. The molecule has 0 heterocycles. The molecule has 0 amide bonds. The van der Waals surface area contributed by atoms with E-state index in [4.69, 9.17) is 17.0 Å². The van der Waals surface area contributed by atoms with E-state index in [0.717, 1.165) is 16.4 Å². The van der Waals surface area contributed by atoms with Crippen LogP contribution in [0.25, 0.3) is 0 Å². The van der Waals surface area contributed by atoms with Crippen LogP contribution in [0.1, 0.15) is 53.4 Å². The lowest BCUT2D eigenvalue weighted by atomic mass is 10.0. The Balaban J connectivity index is 4.23. The van der Waals surface area contributed by atoms with Crippen LogP contribution in [-0.4, -0.2) is 27.1 Å². The third-order valence-electron chi connectivity index (χ3n) is 2.99. The average molecular weight is 323 g/mol. The number of esters is 1. The number of ether oxygens (including phenoxy) is 1. The highest BCUT2D eigenvalue weighted by Gasteiger charge is 2.32. The van der Waals surface area contributed by atoms with Crippen LogP contribution < -0.4 is 0 Å². The molecule has 2 nitrogen and oxygen atoms in total. The van der Waals surface area contributed by atoms with Crippen LogP contribution in [0.4, 0.5) is 0 Å². The highest BCUT2D eigenvalue weighted by atomic mass is 32.2. The monoisotopic (exact) mass is 322 g/mol. The third kappa shape index (κ3) is 8.20. The van der Waals surface area contributed by atoms with Gasteiger partial charge in [0.2, 0.25) is 0 Å². The molecule has 0 rings (SSSR count). The second-order valence-corrected chi connectivity index (χ2v) is 8.71. The molecule has 0 aliphatic carbocycles. The molecule has 19 heavy (non-hydrogen) atoms. The molecular formula is C14H26O2S3. The van der Waals surface area contributed by atoms with Crippen molar-refractivity contribution in [2.75, 3.05) is 12.9 Å². The molecule has 0 N–H and O–H groups in total. The van der Waals surface area contributed by atoms with Crippen molar-refractivity contribution in [1.82, 2.24) is 0 Å². The van der Waals surface area contributed by atoms with E-state index in [9.17, 15) is 4.79 Å². The second kappa shape index (κ2) is 10.1. The van der Waals surface area contributed by atoms with Gasteiger partial charge >= 0.3 is 5.97 Å². The van der Waals surface area contributed by atoms with E-state index in [-0.39, 0.29) is 5.97 Å². The average Bonchev–Trinajstić information content (AvgIpc) is 2.37. The zero-order valence-corrected chi connectivity index (χ0v) is 15.1. The predicted molar refractivity (Wildman–Crippen MR) is 92.0 cm³/mol. The molecule has 112 valence electrons. The number of thioether (sulfide) groups is 2. The van der Waals surface area contributed by atoms with Crippen molar-refractivity contribution in [3.63, 3.8) is 0 Å². The number of hydrogen-bond donors (Lipinski definition) is 0. The van der Waals surface area contributed by atoms with Crippen molar-refractivity contribution in [3.8, 4) is 0 Å². The molecule has 0 aromatic heterocycles. The normalized spacial score (nSPS) is 13.1. The Bertz CT molecular complexity index is 290. The van der Waals surface area contributed by atoms with Gasteiger partial charge in [0, 0.05) is 0 Å². The Kier molecular flexibility index (Phi) is 10.2. The maximum atomic E-state index is 12.1. The zero-order valence-electron chi connectivity index (χ0n) is 12.7. The fraction of sp³-hybridized carbons (Fsp3) is 0.857. The number of unbranched alkanes of at least 4 members (excludes halogenated alkanes) is 1. The Morgan fingerprint density at radius 1 is 1.37 bits per heavy atom. The first kappa shape index (κ1) is 19.3. The molecular weight excluding hydrogens is 296 g/mol. The van der Waals surface area contributed by atoms with Gasteiger partial charge in [0.25, 0.3) is 0 Å². The van der Waals surface area contributed by atoms with E-state index < -0.39 is 4.75 Å². The SMILES string of the molecule is CCCCC(CC)COC(=O)C(C)(C)SC(=S)SC. The topological polar surface area (TPSA) is 26.3 Å². The van der Waals surface area contributed by atoms with E-state index in [1.165, 1.54) is 36.4 Å². The van der Waals surface area contributed by atoms with E-state index in [1.54, 1.807) is 0 Å². The predicted octanol–water partition coefficient (Wildman–Crippen LogP) is 4.91. The van der Waals surface area contributed by atoms with Crippen molar-refractivity contribution in [1.29, 1.82) is 0 Å². The van der Waals surface area contributed by atoms with Crippen molar-refractivity contribution in [3.05, 3.63) is 0 Å². The summed E-state index contributed by atoms with van der Waals surface area (Å²) < 4.78 is 5.66. The highest BCUT2D eigenvalue weighted by Crippen LogP contribution is 2.31. The van der Waals surface area contributed by atoms with Crippen LogP contribution in [0.5, 0.6) is 0 Å². The Morgan fingerprint density at radius 3 is 2.47 bits per heavy atom. The molecule has 0 fully saturated rings. The first-order valence-corrected chi connectivity index (χ1v) is 9.26. The standard InChI is InChI=1S/C14H26O2S3/c1-6-8-9-11(7-2)10-16-12(15)14(3,4)19-13(17)18-5/h11H,6-10H2,1-5H3. The van der Waals surface area contributed by atoms with Crippen molar-refractivity contribution in [2.24, 2.45) is 5.92 Å². The molecule has 0 aliphatic rings. The van der Waals surface area contributed by atoms with Gasteiger partial charge in [-0.3, -0.25) is 4.79 Å². The van der Waals surface area contributed by atoms with E-state index >= 15 is 0 Å². The summed E-state index contributed by atoms with van der Waals surface area (Å²) in [4.78, 5) is 12.1. The van der Waals surface area contributed by atoms with Crippen molar-refractivity contribution >= 4 is 45.2 Å². The smallest absolute Gasteiger partial charge is 0.322 e. The summed E-state index contributed by atoms with van der Waals surface area (Å²) in [5.74, 6) is 0.320. The lowest BCUT2D eigenvalue weighted by Gasteiger charge is -2.23. The Labute approximate surface area is 131 Å². The van der Waals surface area contributed by atoms with E-state index in [1.807, 2.05) is 20.1 Å². The number of thiocarbonyl (C=S) groups is 1. The molecule has 1 atom stereocenters.